The minimum Gasteiger partial charge on any atom is -0.759 e. The quantitative estimate of drug-likeness (QED) is 0.233. The normalized spacial score (nSPS) is 10.2. The third-order valence-electron chi connectivity index (χ3n) is 2.46. The molecule has 31 heavy (non-hydrogen) atoms. The standard InChI is InChI=1S/C7H6NO2.C6H18N4.2ClHO4.Co/c9-7(8-10)6-4-2-1-3-5-6;7-1-4-10(5-2-8)6-3-9;2*2-1(3,4)5;/h1-5H,(H-,8,9,10);1-9H2;2*(H,2,3,4,5);/q-1;;;;+3/p-2. The van der Waals surface area contributed by atoms with Crippen LogP contribution in [0.15, 0.2) is 30.3 Å². The Labute approximate surface area is 193 Å². The van der Waals surface area contributed by atoms with Gasteiger partial charge >= 0.3 is 16.8 Å². The van der Waals surface area contributed by atoms with Crippen molar-refractivity contribution >= 4 is 5.91 Å². The molecule has 0 aromatic heterocycles. The molecule has 0 aliphatic carbocycles. The first-order chi connectivity index (χ1) is 13.7. The van der Waals surface area contributed by atoms with Crippen LogP contribution in [0.2, 0.25) is 0 Å². The van der Waals surface area contributed by atoms with Crippen LogP contribution in [0.3, 0.4) is 0 Å². The molecule has 1 aromatic rings. The van der Waals surface area contributed by atoms with Crippen molar-refractivity contribution < 1.29 is 79.3 Å². The number of hydroxylamine groups is 1. The Morgan fingerprint density at radius 2 is 1.06 bits per heavy atom. The van der Waals surface area contributed by atoms with Gasteiger partial charge in [-0.05, 0) is 12.1 Å². The fourth-order valence-electron chi connectivity index (χ4n) is 1.53. The maximum atomic E-state index is 10.6. The van der Waals surface area contributed by atoms with Gasteiger partial charge in [0, 0.05) is 44.8 Å². The Kier molecular flexibility index (Phi) is 27.2. The van der Waals surface area contributed by atoms with E-state index in [1.54, 1.807) is 30.3 Å². The van der Waals surface area contributed by atoms with E-state index in [0.29, 0.717) is 25.2 Å². The zero-order chi connectivity index (χ0) is 24.2. The van der Waals surface area contributed by atoms with Crippen molar-refractivity contribution in [3.8, 4) is 0 Å². The zero-order valence-electron chi connectivity index (χ0n) is 16.0. The van der Waals surface area contributed by atoms with Gasteiger partial charge in [-0.25, -0.2) is 37.3 Å². The molecule has 1 amide bonds. The van der Waals surface area contributed by atoms with Gasteiger partial charge in [-0.15, -0.1) is 20.5 Å². The average molecular weight is 540 g/mol. The van der Waals surface area contributed by atoms with E-state index in [0.717, 1.165) is 19.6 Å². The van der Waals surface area contributed by atoms with Gasteiger partial charge in [0.25, 0.3) is 0 Å². The third kappa shape index (κ3) is 43.9. The summed E-state index contributed by atoms with van der Waals surface area (Å²) in [7, 11) is -9.89. The van der Waals surface area contributed by atoms with E-state index in [9.17, 15) is 10.0 Å². The third-order valence-corrected chi connectivity index (χ3v) is 2.46. The number of carbonyl (C=O) groups excluding carboxylic acids is 1. The number of rotatable bonds is 7. The molecule has 0 unspecified atom stereocenters. The summed E-state index contributed by atoms with van der Waals surface area (Å²) in [5, 5.41) is 9.83. The molecule has 0 fully saturated rings. The molecule has 0 radical (unpaired) electrons. The predicted molar refractivity (Wildman–Crippen MR) is 80.9 cm³/mol. The Bertz CT molecular complexity index is 487. The number of carbonyl (C=O) groups is 1. The molecule has 0 aliphatic rings. The second-order valence-corrected chi connectivity index (χ2v) is 6.27. The fourth-order valence-corrected chi connectivity index (χ4v) is 1.53. The van der Waals surface area contributed by atoms with E-state index < -0.39 is 26.4 Å². The summed E-state index contributed by atoms with van der Waals surface area (Å²) in [5.41, 5.74) is 17.8. The van der Waals surface area contributed by atoms with Gasteiger partial charge in [0.05, 0.1) is 0 Å². The van der Waals surface area contributed by atoms with Crippen LogP contribution in [-0.2, 0) is 16.8 Å². The fraction of sp³-hybridized carbons (Fsp3) is 0.462. The van der Waals surface area contributed by atoms with E-state index in [2.05, 4.69) is 4.90 Å². The van der Waals surface area contributed by atoms with Crippen LogP contribution in [0, 0.1) is 25.7 Å². The number of amides is 1. The smallest absolute Gasteiger partial charge is 0.759 e. The number of nitrogens with one attached hydrogen (secondary N) is 1. The second-order valence-electron chi connectivity index (χ2n) is 4.76. The summed E-state index contributed by atoms with van der Waals surface area (Å²) >= 11 is 0. The van der Waals surface area contributed by atoms with Crippen molar-refractivity contribution in [3.05, 3.63) is 41.1 Å². The zero-order valence-corrected chi connectivity index (χ0v) is 18.5. The SMILES string of the molecule is NCCN(CCN)CCN.O=C(N[O-])c1ccccc1.[Co+3].[O-][Cl+3]([O-])([O-])[O-].[O-][Cl+3]([O-])([O-])[O-]. The monoisotopic (exact) mass is 539 g/mol. The van der Waals surface area contributed by atoms with Crippen molar-refractivity contribution in [2.75, 3.05) is 39.3 Å². The Balaban J connectivity index is -0.000000164. The van der Waals surface area contributed by atoms with Crippen molar-refractivity contribution in [2.45, 2.75) is 0 Å². The number of hydrogen-bond acceptors (Lipinski definition) is 14. The second kappa shape index (κ2) is 22.5. The van der Waals surface area contributed by atoms with E-state index in [1.807, 2.05) is 0 Å². The van der Waals surface area contributed by atoms with Crippen LogP contribution in [0.5, 0.6) is 0 Å². The van der Waals surface area contributed by atoms with Gasteiger partial charge in [-0.2, -0.15) is 0 Å². The molecule has 0 atom stereocenters. The van der Waals surface area contributed by atoms with E-state index in [4.69, 9.17) is 54.5 Å². The summed E-state index contributed by atoms with van der Waals surface area (Å²) in [6, 6.07) is 8.33. The van der Waals surface area contributed by atoms with Gasteiger partial charge in [-0.3, -0.25) is 9.69 Å². The first kappa shape index (κ1) is 37.6. The van der Waals surface area contributed by atoms with Crippen LogP contribution in [-0.4, -0.2) is 50.1 Å². The maximum absolute atomic E-state index is 10.6. The molecular formula is C13H24Cl2CoN5O10. The molecule has 1 aromatic carbocycles. The van der Waals surface area contributed by atoms with Crippen molar-refractivity contribution in [1.82, 2.24) is 10.4 Å². The van der Waals surface area contributed by atoms with Crippen molar-refractivity contribution in [3.63, 3.8) is 0 Å². The Morgan fingerprint density at radius 1 is 0.774 bits per heavy atom. The molecule has 184 valence electrons. The molecule has 0 saturated carbocycles. The number of hydrogen-bond donors (Lipinski definition) is 4. The van der Waals surface area contributed by atoms with Crippen LogP contribution in [0.4, 0.5) is 0 Å². The van der Waals surface area contributed by atoms with Crippen LogP contribution in [0.25, 0.3) is 0 Å². The molecule has 1 rings (SSSR count). The summed E-state index contributed by atoms with van der Waals surface area (Å²) in [6.07, 6.45) is 0. The minimum atomic E-state index is -4.94. The van der Waals surface area contributed by atoms with Gasteiger partial charge in [0.2, 0.25) is 5.91 Å². The average Bonchev–Trinajstić information content (AvgIpc) is 2.60. The van der Waals surface area contributed by atoms with E-state index in [-0.39, 0.29) is 16.8 Å². The van der Waals surface area contributed by atoms with Crippen LogP contribution < -0.4 is 60.0 Å². The summed E-state index contributed by atoms with van der Waals surface area (Å²) < 4.78 is 67.9. The van der Waals surface area contributed by atoms with E-state index in [1.165, 1.54) is 5.48 Å². The molecule has 0 saturated heterocycles. The number of benzene rings is 1. The Morgan fingerprint density at radius 3 is 1.29 bits per heavy atom. The van der Waals surface area contributed by atoms with Gasteiger partial charge < -0.3 is 27.9 Å². The molecule has 7 N–H and O–H groups in total. The minimum absolute atomic E-state index is 0. The first-order valence-corrected chi connectivity index (χ1v) is 10.2. The molecule has 0 bridgehead atoms. The molecule has 0 heterocycles. The predicted octanol–water partition coefficient (Wildman–Crippen LogP) is -10.4. The van der Waals surface area contributed by atoms with E-state index >= 15 is 0 Å². The summed E-state index contributed by atoms with van der Waals surface area (Å²) in [4.78, 5) is 12.8. The van der Waals surface area contributed by atoms with Gasteiger partial charge in [0.1, 0.15) is 0 Å². The molecule has 15 nitrogen and oxygen atoms in total. The maximum Gasteiger partial charge on any atom is 3.00 e. The number of nitrogens with zero attached hydrogens (tertiary/aromatic N) is 1. The molecule has 0 spiro atoms. The molecule has 0 aliphatic heterocycles. The topological polar surface area (TPSA) is 318 Å². The first-order valence-electron chi connectivity index (χ1n) is 7.73. The molecular weight excluding hydrogens is 516 g/mol. The Hall–Kier alpha value is -0.744. The summed E-state index contributed by atoms with van der Waals surface area (Å²) in [5.74, 6) is -0.597. The molecule has 18 heteroatoms. The van der Waals surface area contributed by atoms with Gasteiger partial charge in [-0.1, -0.05) is 18.2 Å². The number of nitrogens with two attached hydrogens (primary N) is 3. The van der Waals surface area contributed by atoms with Crippen molar-refractivity contribution in [1.29, 1.82) is 0 Å². The van der Waals surface area contributed by atoms with Crippen LogP contribution in [0.1, 0.15) is 10.4 Å². The number of halogens is 2. The van der Waals surface area contributed by atoms with Gasteiger partial charge in [0.15, 0.2) is 0 Å². The summed E-state index contributed by atoms with van der Waals surface area (Å²) in [6.45, 7) is 4.73. The van der Waals surface area contributed by atoms with Crippen LogP contribution >= 0.6 is 0 Å². The van der Waals surface area contributed by atoms with Crippen molar-refractivity contribution in [2.24, 2.45) is 17.2 Å². The largest absolute Gasteiger partial charge is 3.00 e.